The molecule has 0 saturated carbocycles. The average molecular weight is 488 g/mol. The average Bonchev–Trinajstić information content (AvgIpc) is 3.28. The van der Waals surface area contributed by atoms with Gasteiger partial charge in [0.15, 0.2) is 5.16 Å². The van der Waals surface area contributed by atoms with Crippen molar-refractivity contribution in [3.8, 4) is 5.69 Å². The van der Waals surface area contributed by atoms with Crippen LogP contribution in [0.1, 0.15) is 10.5 Å². The van der Waals surface area contributed by atoms with E-state index < -0.39 is 14.9 Å². The van der Waals surface area contributed by atoms with Crippen LogP contribution in [0.25, 0.3) is 5.69 Å². The number of nitrogens with zero attached hydrogens (tertiary/aromatic N) is 5. The summed E-state index contributed by atoms with van der Waals surface area (Å²) in [5, 5.41) is 11.5. The Hall–Kier alpha value is -3.22. The summed E-state index contributed by atoms with van der Waals surface area (Å²) < 4.78 is 29.0. The van der Waals surface area contributed by atoms with Gasteiger partial charge in [0.05, 0.1) is 16.0 Å². The lowest BCUT2D eigenvalue weighted by molar-refractivity contribution is -0.384. The highest BCUT2D eigenvalue weighted by molar-refractivity contribution is 7.98. The van der Waals surface area contributed by atoms with Gasteiger partial charge in [-0.3, -0.25) is 19.5 Å². The van der Waals surface area contributed by atoms with Crippen LogP contribution < -0.4 is 0 Å². The number of non-ortho nitro benzene ring substituents is 1. The van der Waals surface area contributed by atoms with Gasteiger partial charge in [0.1, 0.15) is 5.69 Å². The van der Waals surface area contributed by atoms with Crippen LogP contribution in [0.15, 0.2) is 70.8 Å². The molecule has 0 radical (unpaired) electrons. The molecule has 1 fully saturated rings. The molecule has 0 aliphatic carbocycles. The van der Waals surface area contributed by atoms with Crippen molar-refractivity contribution in [1.29, 1.82) is 0 Å². The van der Waals surface area contributed by atoms with Crippen LogP contribution in [-0.4, -0.2) is 70.4 Å². The van der Waals surface area contributed by atoms with Gasteiger partial charge in [0, 0.05) is 44.0 Å². The van der Waals surface area contributed by atoms with Crippen molar-refractivity contribution in [1.82, 2.24) is 18.8 Å². The summed E-state index contributed by atoms with van der Waals surface area (Å²) in [6.45, 7) is 0.694. The fourth-order valence-electron chi connectivity index (χ4n) is 3.64. The first-order valence-corrected chi connectivity index (χ1v) is 12.7. The molecule has 33 heavy (non-hydrogen) atoms. The lowest BCUT2D eigenvalue weighted by Crippen LogP contribution is -2.50. The maximum Gasteiger partial charge on any atom is 0.272 e. The van der Waals surface area contributed by atoms with E-state index in [1.54, 1.807) is 15.7 Å². The van der Waals surface area contributed by atoms with E-state index in [9.17, 15) is 23.3 Å². The van der Waals surface area contributed by atoms with Crippen molar-refractivity contribution in [2.75, 3.05) is 32.4 Å². The number of carbonyl (C=O) groups is 1. The number of para-hydroxylation sites is 1. The maximum absolute atomic E-state index is 13.3. The molecule has 2 aromatic carbocycles. The summed E-state index contributed by atoms with van der Waals surface area (Å²) >= 11 is 1.43. The zero-order chi connectivity index (χ0) is 23.6. The molecular weight excluding hydrogens is 466 g/mol. The Morgan fingerprint density at radius 1 is 1.03 bits per heavy atom. The largest absolute Gasteiger partial charge is 0.335 e. The van der Waals surface area contributed by atoms with Crippen LogP contribution in [0.2, 0.25) is 0 Å². The van der Waals surface area contributed by atoms with Gasteiger partial charge < -0.3 is 4.90 Å². The fraction of sp³-hybridized carbons (Fsp3) is 0.238. The molecule has 1 aromatic heterocycles. The third-order valence-electron chi connectivity index (χ3n) is 5.36. The number of carbonyl (C=O) groups excluding carboxylic acids is 1. The molecule has 172 valence electrons. The third-order valence-corrected chi connectivity index (χ3v) is 7.92. The second-order valence-electron chi connectivity index (χ2n) is 7.25. The van der Waals surface area contributed by atoms with Crippen LogP contribution in [-0.2, 0) is 10.0 Å². The van der Waals surface area contributed by atoms with Crippen molar-refractivity contribution < 1.29 is 18.1 Å². The number of piperazine rings is 1. The van der Waals surface area contributed by atoms with E-state index in [0.717, 1.165) is 5.69 Å². The SMILES string of the molecule is CSc1ncc(C(=O)N2CCN(S(=O)(=O)c3ccc([N+](=O)[O-])cc3)CC2)n1-c1ccccc1. The van der Waals surface area contributed by atoms with Crippen LogP contribution in [0.3, 0.4) is 0 Å². The second kappa shape index (κ2) is 9.33. The van der Waals surface area contributed by atoms with E-state index in [0.29, 0.717) is 10.9 Å². The molecule has 2 heterocycles. The number of rotatable bonds is 6. The highest BCUT2D eigenvalue weighted by atomic mass is 32.2. The third kappa shape index (κ3) is 4.49. The standard InChI is InChI=1S/C21H21N5O5S2/c1-32-21-22-15-19(25(21)16-5-3-2-4-6-16)20(27)23-11-13-24(14-12-23)33(30,31)18-9-7-17(8-10-18)26(28)29/h2-10,15H,11-14H2,1H3. The van der Waals surface area contributed by atoms with E-state index in [1.807, 2.05) is 36.6 Å². The van der Waals surface area contributed by atoms with Crippen LogP contribution in [0.4, 0.5) is 5.69 Å². The van der Waals surface area contributed by atoms with Gasteiger partial charge in [-0.15, -0.1) is 0 Å². The lowest BCUT2D eigenvalue weighted by atomic mass is 10.3. The van der Waals surface area contributed by atoms with E-state index >= 15 is 0 Å². The summed E-state index contributed by atoms with van der Waals surface area (Å²) in [5.41, 5.74) is 1.06. The van der Waals surface area contributed by atoms with Crippen molar-refractivity contribution in [2.24, 2.45) is 0 Å². The van der Waals surface area contributed by atoms with E-state index in [-0.39, 0.29) is 42.7 Å². The van der Waals surface area contributed by atoms with E-state index in [4.69, 9.17) is 0 Å². The van der Waals surface area contributed by atoms with E-state index in [2.05, 4.69) is 4.98 Å². The van der Waals surface area contributed by atoms with Gasteiger partial charge >= 0.3 is 0 Å². The quantitative estimate of drug-likeness (QED) is 0.298. The fourth-order valence-corrected chi connectivity index (χ4v) is 5.61. The molecule has 10 nitrogen and oxygen atoms in total. The topological polar surface area (TPSA) is 119 Å². The molecule has 0 N–H and O–H groups in total. The van der Waals surface area contributed by atoms with Gasteiger partial charge in [-0.2, -0.15) is 4.31 Å². The molecule has 0 spiro atoms. The Morgan fingerprint density at radius 3 is 2.24 bits per heavy atom. The van der Waals surface area contributed by atoms with Gasteiger partial charge in [0.25, 0.3) is 11.6 Å². The number of sulfonamides is 1. The van der Waals surface area contributed by atoms with Gasteiger partial charge in [0.2, 0.25) is 10.0 Å². The van der Waals surface area contributed by atoms with E-state index in [1.165, 1.54) is 40.3 Å². The Morgan fingerprint density at radius 2 is 1.67 bits per heavy atom. The molecule has 0 atom stereocenters. The van der Waals surface area contributed by atoms with Gasteiger partial charge in [-0.25, -0.2) is 13.4 Å². The summed E-state index contributed by atoms with van der Waals surface area (Å²) in [4.78, 5) is 29.5. The van der Waals surface area contributed by atoms with Crippen LogP contribution in [0, 0.1) is 10.1 Å². The van der Waals surface area contributed by atoms with Gasteiger partial charge in [-0.1, -0.05) is 30.0 Å². The van der Waals surface area contributed by atoms with Crippen molar-refractivity contribution >= 4 is 33.4 Å². The summed E-state index contributed by atoms with van der Waals surface area (Å²) in [6.07, 6.45) is 3.43. The zero-order valence-corrected chi connectivity index (χ0v) is 19.3. The Kier molecular flexibility index (Phi) is 6.49. The molecule has 1 saturated heterocycles. The minimum absolute atomic E-state index is 0.0142. The maximum atomic E-state index is 13.3. The molecular formula is C21H21N5O5S2. The Labute approximate surface area is 195 Å². The minimum Gasteiger partial charge on any atom is -0.335 e. The second-order valence-corrected chi connectivity index (χ2v) is 9.96. The molecule has 1 aliphatic rings. The summed E-state index contributed by atoms with van der Waals surface area (Å²) in [7, 11) is -3.82. The summed E-state index contributed by atoms with van der Waals surface area (Å²) in [6, 6.07) is 14.2. The van der Waals surface area contributed by atoms with Crippen LogP contribution in [0.5, 0.6) is 0 Å². The van der Waals surface area contributed by atoms with Crippen LogP contribution >= 0.6 is 11.8 Å². The smallest absolute Gasteiger partial charge is 0.272 e. The van der Waals surface area contributed by atoms with Crippen molar-refractivity contribution in [3.63, 3.8) is 0 Å². The number of imidazole rings is 1. The normalized spacial score (nSPS) is 14.9. The predicted octanol–water partition coefficient (Wildman–Crippen LogP) is 2.65. The Bertz CT molecular complexity index is 1270. The summed E-state index contributed by atoms with van der Waals surface area (Å²) in [5.74, 6) is -0.223. The number of thioether (sulfide) groups is 1. The molecule has 1 aliphatic heterocycles. The predicted molar refractivity (Wildman–Crippen MR) is 123 cm³/mol. The number of amides is 1. The first-order chi connectivity index (χ1) is 15.8. The number of nitro benzene ring substituents is 1. The number of aromatic nitrogens is 2. The molecule has 0 unspecified atom stereocenters. The zero-order valence-electron chi connectivity index (χ0n) is 17.7. The van der Waals surface area contributed by atoms with Crippen molar-refractivity contribution in [2.45, 2.75) is 10.1 Å². The Balaban J connectivity index is 1.50. The van der Waals surface area contributed by atoms with Crippen molar-refractivity contribution in [3.05, 3.63) is 76.6 Å². The first kappa shape index (κ1) is 23.0. The first-order valence-electron chi connectivity index (χ1n) is 10.0. The molecule has 0 bridgehead atoms. The number of hydrogen-bond acceptors (Lipinski definition) is 7. The van der Waals surface area contributed by atoms with Gasteiger partial charge in [-0.05, 0) is 30.5 Å². The monoisotopic (exact) mass is 487 g/mol. The molecule has 1 amide bonds. The minimum atomic E-state index is -3.82. The highest BCUT2D eigenvalue weighted by Crippen LogP contribution is 2.24. The number of benzene rings is 2. The number of nitro groups is 1. The molecule has 3 aromatic rings. The number of hydrogen-bond donors (Lipinski definition) is 0. The lowest BCUT2D eigenvalue weighted by Gasteiger charge is -2.34. The molecule has 4 rings (SSSR count). The molecule has 12 heteroatoms. The highest BCUT2D eigenvalue weighted by Gasteiger charge is 2.32.